The minimum absolute atomic E-state index is 0.381. The van der Waals surface area contributed by atoms with Crippen LogP contribution < -0.4 is 0 Å². The molecule has 3 nitrogen and oxygen atoms in total. The van der Waals surface area contributed by atoms with E-state index in [0.717, 1.165) is 11.1 Å². The molecule has 0 saturated carbocycles. The van der Waals surface area contributed by atoms with Crippen molar-refractivity contribution in [1.82, 2.24) is 4.90 Å². The van der Waals surface area contributed by atoms with Crippen LogP contribution in [0.1, 0.15) is 11.1 Å². The summed E-state index contributed by atoms with van der Waals surface area (Å²) >= 11 is 0. The van der Waals surface area contributed by atoms with Crippen LogP contribution in [0, 0.1) is 6.92 Å². The van der Waals surface area contributed by atoms with Gasteiger partial charge in [-0.2, -0.15) is 0 Å². The third-order valence-corrected chi connectivity index (χ3v) is 2.02. The van der Waals surface area contributed by atoms with E-state index in [-0.39, 0.29) is 0 Å². The highest BCUT2D eigenvalue weighted by atomic mass is 16.6. The highest BCUT2D eigenvalue weighted by molar-refractivity contribution is 5.76. The number of carbonyl (C=O) groups is 1. The molecular formula is C12H15NO2. The van der Waals surface area contributed by atoms with E-state index in [1.807, 2.05) is 31.2 Å². The van der Waals surface area contributed by atoms with Gasteiger partial charge in [0.15, 0.2) is 0 Å². The lowest BCUT2D eigenvalue weighted by Crippen LogP contribution is -2.22. The minimum atomic E-state index is -0.414. The molecule has 15 heavy (non-hydrogen) atoms. The van der Waals surface area contributed by atoms with Crippen LogP contribution >= 0.6 is 0 Å². The van der Waals surface area contributed by atoms with Gasteiger partial charge in [-0.25, -0.2) is 4.79 Å². The van der Waals surface area contributed by atoms with Gasteiger partial charge < -0.3 is 9.64 Å². The minimum Gasteiger partial charge on any atom is -0.410 e. The average molecular weight is 205 g/mol. The Morgan fingerprint density at radius 2 is 1.93 bits per heavy atom. The van der Waals surface area contributed by atoms with E-state index in [0.29, 0.717) is 5.76 Å². The predicted molar refractivity (Wildman–Crippen MR) is 60.4 cm³/mol. The molecule has 0 bridgehead atoms. The van der Waals surface area contributed by atoms with Gasteiger partial charge in [0.1, 0.15) is 5.76 Å². The average Bonchev–Trinajstić information content (AvgIpc) is 2.18. The van der Waals surface area contributed by atoms with Crippen molar-refractivity contribution in [3.8, 4) is 0 Å². The largest absolute Gasteiger partial charge is 0.414 e. The van der Waals surface area contributed by atoms with Crippen molar-refractivity contribution in [2.24, 2.45) is 0 Å². The Morgan fingerprint density at radius 3 is 2.47 bits per heavy atom. The molecule has 0 unspecified atom stereocenters. The standard InChI is InChI=1S/C12H15NO2/c1-9-7-5-6-8-11(9)10(2)15-12(14)13(3)4/h5-8H,2H2,1,3-4H3. The van der Waals surface area contributed by atoms with E-state index >= 15 is 0 Å². The zero-order valence-corrected chi connectivity index (χ0v) is 9.28. The molecule has 0 fully saturated rings. The van der Waals surface area contributed by atoms with E-state index in [2.05, 4.69) is 6.58 Å². The van der Waals surface area contributed by atoms with Crippen molar-refractivity contribution in [3.05, 3.63) is 42.0 Å². The van der Waals surface area contributed by atoms with Gasteiger partial charge in [0.25, 0.3) is 0 Å². The molecule has 0 heterocycles. The lowest BCUT2D eigenvalue weighted by molar-refractivity contribution is 0.163. The second-order valence-corrected chi connectivity index (χ2v) is 3.50. The van der Waals surface area contributed by atoms with Gasteiger partial charge in [0.05, 0.1) is 0 Å². The van der Waals surface area contributed by atoms with Crippen LogP contribution in [-0.4, -0.2) is 25.1 Å². The van der Waals surface area contributed by atoms with Crippen LogP contribution in [0.2, 0.25) is 0 Å². The van der Waals surface area contributed by atoms with Gasteiger partial charge in [0, 0.05) is 19.7 Å². The number of benzene rings is 1. The van der Waals surface area contributed by atoms with Crippen molar-refractivity contribution in [1.29, 1.82) is 0 Å². The Labute approximate surface area is 90.0 Å². The molecular weight excluding hydrogens is 190 g/mol. The van der Waals surface area contributed by atoms with E-state index in [4.69, 9.17) is 4.74 Å². The molecule has 1 aromatic rings. The number of ether oxygens (including phenoxy) is 1. The Bertz CT molecular complexity index is 383. The molecule has 0 aliphatic heterocycles. The molecule has 1 aromatic carbocycles. The third-order valence-electron chi connectivity index (χ3n) is 2.02. The normalized spacial score (nSPS) is 9.53. The number of nitrogens with zero attached hydrogens (tertiary/aromatic N) is 1. The van der Waals surface area contributed by atoms with Crippen molar-refractivity contribution < 1.29 is 9.53 Å². The van der Waals surface area contributed by atoms with Crippen LogP contribution in [-0.2, 0) is 4.74 Å². The smallest absolute Gasteiger partial charge is 0.410 e. The molecule has 0 N–H and O–H groups in total. The van der Waals surface area contributed by atoms with Crippen molar-refractivity contribution in [3.63, 3.8) is 0 Å². The molecule has 0 aromatic heterocycles. The van der Waals surface area contributed by atoms with Crippen LogP contribution in [0.5, 0.6) is 0 Å². The summed E-state index contributed by atoms with van der Waals surface area (Å²) in [5.41, 5.74) is 1.89. The summed E-state index contributed by atoms with van der Waals surface area (Å²) in [7, 11) is 3.26. The molecule has 0 aliphatic carbocycles. The van der Waals surface area contributed by atoms with Gasteiger partial charge >= 0.3 is 6.09 Å². The van der Waals surface area contributed by atoms with E-state index in [1.54, 1.807) is 14.1 Å². The Balaban J connectivity index is 2.79. The first-order chi connectivity index (χ1) is 7.02. The van der Waals surface area contributed by atoms with Crippen molar-refractivity contribution in [2.75, 3.05) is 14.1 Å². The maximum Gasteiger partial charge on any atom is 0.414 e. The molecule has 1 rings (SSSR count). The molecule has 0 saturated heterocycles. The van der Waals surface area contributed by atoms with E-state index in [1.165, 1.54) is 4.90 Å². The molecule has 0 atom stereocenters. The first-order valence-electron chi connectivity index (χ1n) is 4.66. The second-order valence-electron chi connectivity index (χ2n) is 3.50. The highest BCUT2D eigenvalue weighted by Gasteiger charge is 2.10. The fraction of sp³-hybridized carbons (Fsp3) is 0.250. The van der Waals surface area contributed by atoms with Crippen LogP contribution in [0.3, 0.4) is 0 Å². The molecule has 0 spiro atoms. The van der Waals surface area contributed by atoms with Gasteiger partial charge in [-0.3, -0.25) is 0 Å². The lowest BCUT2D eigenvalue weighted by Gasteiger charge is -2.13. The zero-order chi connectivity index (χ0) is 11.4. The summed E-state index contributed by atoms with van der Waals surface area (Å²) < 4.78 is 5.07. The Hall–Kier alpha value is -1.77. The number of amides is 1. The molecule has 80 valence electrons. The van der Waals surface area contributed by atoms with Crippen LogP contribution in [0.15, 0.2) is 30.8 Å². The Morgan fingerprint density at radius 1 is 1.33 bits per heavy atom. The summed E-state index contributed by atoms with van der Waals surface area (Å²) in [6, 6.07) is 7.64. The van der Waals surface area contributed by atoms with Gasteiger partial charge in [-0.05, 0) is 12.5 Å². The van der Waals surface area contributed by atoms with E-state index in [9.17, 15) is 4.79 Å². The van der Waals surface area contributed by atoms with Crippen LogP contribution in [0.25, 0.3) is 5.76 Å². The number of aryl methyl sites for hydroxylation is 1. The monoisotopic (exact) mass is 205 g/mol. The maximum absolute atomic E-state index is 11.3. The van der Waals surface area contributed by atoms with E-state index < -0.39 is 6.09 Å². The van der Waals surface area contributed by atoms with Gasteiger partial charge in [-0.15, -0.1) is 0 Å². The molecule has 1 amide bonds. The number of carbonyl (C=O) groups excluding carboxylic acids is 1. The number of hydrogen-bond acceptors (Lipinski definition) is 2. The van der Waals surface area contributed by atoms with Crippen molar-refractivity contribution in [2.45, 2.75) is 6.92 Å². The van der Waals surface area contributed by atoms with Gasteiger partial charge in [0.2, 0.25) is 0 Å². The first-order valence-corrected chi connectivity index (χ1v) is 4.66. The first kappa shape index (κ1) is 11.3. The molecule has 3 heteroatoms. The lowest BCUT2D eigenvalue weighted by atomic mass is 10.1. The topological polar surface area (TPSA) is 29.5 Å². The van der Waals surface area contributed by atoms with Crippen molar-refractivity contribution >= 4 is 11.9 Å². The maximum atomic E-state index is 11.3. The third kappa shape index (κ3) is 2.84. The number of hydrogen-bond donors (Lipinski definition) is 0. The fourth-order valence-electron chi connectivity index (χ4n) is 1.14. The quantitative estimate of drug-likeness (QED) is 0.695. The number of rotatable bonds is 2. The molecule has 0 radical (unpaired) electrons. The van der Waals surface area contributed by atoms with Gasteiger partial charge in [-0.1, -0.05) is 30.8 Å². The summed E-state index contributed by atoms with van der Waals surface area (Å²) in [6.45, 7) is 5.69. The Kier molecular flexibility index (Phi) is 3.50. The highest BCUT2D eigenvalue weighted by Crippen LogP contribution is 2.18. The summed E-state index contributed by atoms with van der Waals surface area (Å²) in [4.78, 5) is 12.6. The summed E-state index contributed by atoms with van der Waals surface area (Å²) in [5.74, 6) is 0.381. The second kappa shape index (κ2) is 4.64. The molecule has 0 aliphatic rings. The SMILES string of the molecule is C=C(OC(=O)N(C)C)c1ccccc1C. The summed E-state index contributed by atoms with van der Waals surface area (Å²) in [6.07, 6.45) is -0.414. The zero-order valence-electron chi connectivity index (χ0n) is 9.28. The fourth-order valence-corrected chi connectivity index (χ4v) is 1.14. The van der Waals surface area contributed by atoms with Crippen LogP contribution in [0.4, 0.5) is 4.79 Å². The summed E-state index contributed by atoms with van der Waals surface area (Å²) in [5, 5.41) is 0. The predicted octanol–water partition coefficient (Wildman–Crippen LogP) is 2.66.